The molecule has 2 aromatic rings. The number of likely N-dealkylation sites (tertiary alicyclic amines) is 1. The smallest absolute Gasteiger partial charge is 0.125 e. The van der Waals surface area contributed by atoms with Gasteiger partial charge in [0, 0.05) is 17.4 Å². The van der Waals surface area contributed by atoms with Crippen LogP contribution in [0.25, 0.3) is 0 Å². The summed E-state index contributed by atoms with van der Waals surface area (Å²) in [6.45, 7) is 1.20. The zero-order valence-corrected chi connectivity index (χ0v) is 15.5. The van der Waals surface area contributed by atoms with E-state index in [2.05, 4.69) is 72.8 Å². The van der Waals surface area contributed by atoms with Gasteiger partial charge in [0.2, 0.25) is 0 Å². The first-order valence-electron chi connectivity index (χ1n) is 8.82. The highest BCUT2D eigenvalue weighted by Crippen LogP contribution is 2.31. The van der Waals surface area contributed by atoms with Crippen molar-refractivity contribution in [3.63, 3.8) is 0 Å². The Morgan fingerprint density at radius 3 is 2.71 bits per heavy atom. The van der Waals surface area contributed by atoms with Crippen LogP contribution >= 0.6 is 11.8 Å². The van der Waals surface area contributed by atoms with Crippen molar-refractivity contribution >= 4 is 11.8 Å². The van der Waals surface area contributed by atoms with Crippen LogP contribution in [0.5, 0.6) is 5.75 Å². The maximum atomic E-state index is 6.45. The lowest BCUT2D eigenvalue weighted by Gasteiger charge is -2.35. The lowest BCUT2D eigenvalue weighted by atomic mass is 9.94. The molecule has 2 nitrogen and oxygen atoms in total. The van der Waals surface area contributed by atoms with E-state index in [1.54, 1.807) is 11.8 Å². The number of piperidine rings is 1. The maximum Gasteiger partial charge on any atom is 0.125 e. The molecule has 3 rings (SSSR count). The van der Waals surface area contributed by atoms with Crippen LogP contribution in [0.2, 0.25) is 0 Å². The minimum absolute atomic E-state index is 0.105. The van der Waals surface area contributed by atoms with Crippen LogP contribution in [-0.4, -0.2) is 30.8 Å². The molecule has 128 valence electrons. The third-order valence-corrected chi connectivity index (χ3v) is 5.62. The Balaban J connectivity index is 1.79. The predicted molar refractivity (Wildman–Crippen MR) is 103 cm³/mol. The third-order valence-electron chi connectivity index (χ3n) is 4.90. The van der Waals surface area contributed by atoms with Gasteiger partial charge < -0.3 is 9.64 Å². The van der Waals surface area contributed by atoms with Crippen molar-refractivity contribution in [2.24, 2.45) is 0 Å². The van der Waals surface area contributed by atoms with Crippen LogP contribution in [0.15, 0.2) is 59.5 Å². The summed E-state index contributed by atoms with van der Waals surface area (Å²) < 4.78 is 6.45. The second kappa shape index (κ2) is 8.59. The first-order chi connectivity index (χ1) is 11.8. The molecule has 0 aromatic heterocycles. The van der Waals surface area contributed by atoms with Crippen LogP contribution in [0.3, 0.4) is 0 Å². The summed E-state index contributed by atoms with van der Waals surface area (Å²) in [6.07, 6.45) is 7.18. The Kier molecular flexibility index (Phi) is 6.22. The van der Waals surface area contributed by atoms with E-state index in [1.165, 1.54) is 36.3 Å². The Bertz CT molecular complexity index is 631. The van der Waals surface area contributed by atoms with Crippen molar-refractivity contribution in [2.45, 2.75) is 42.7 Å². The number of rotatable bonds is 6. The number of ether oxygens (including phenoxy) is 1. The molecule has 0 bridgehead atoms. The van der Waals surface area contributed by atoms with Gasteiger partial charge in [-0.15, -0.1) is 11.8 Å². The van der Waals surface area contributed by atoms with E-state index in [-0.39, 0.29) is 6.10 Å². The van der Waals surface area contributed by atoms with Gasteiger partial charge in [-0.25, -0.2) is 0 Å². The van der Waals surface area contributed by atoms with Gasteiger partial charge in [-0.2, -0.15) is 0 Å². The number of hydrogen-bond acceptors (Lipinski definition) is 3. The normalized spacial score (nSPS) is 19.8. The van der Waals surface area contributed by atoms with Gasteiger partial charge in [-0.1, -0.05) is 42.8 Å². The van der Waals surface area contributed by atoms with Crippen molar-refractivity contribution in [1.82, 2.24) is 4.90 Å². The van der Waals surface area contributed by atoms with E-state index in [0.29, 0.717) is 6.04 Å². The highest BCUT2D eigenvalue weighted by molar-refractivity contribution is 7.98. The van der Waals surface area contributed by atoms with Crippen molar-refractivity contribution in [2.75, 3.05) is 19.8 Å². The molecule has 24 heavy (non-hydrogen) atoms. The van der Waals surface area contributed by atoms with Crippen LogP contribution in [0.1, 0.15) is 37.4 Å². The Morgan fingerprint density at radius 2 is 1.96 bits per heavy atom. The van der Waals surface area contributed by atoms with Gasteiger partial charge in [0.1, 0.15) is 11.9 Å². The summed E-state index contributed by atoms with van der Waals surface area (Å²) in [4.78, 5) is 3.75. The largest absolute Gasteiger partial charge is 0.486 e. The molecule has 1 heterocycles. The van der Waals surface area contributed by atoms with Gasteiger partial charge >= 0.3 is 0 Å². The minimum Gasteiger partial charge on any atom is -0.486 e. The molecule has 0 saturated carbocycles. The fourth-order valence-electron chi connectivity index (χ4n) is 3.45. The molecular weight excluding hydrogens is 314 g/mol. The standard InChI is InChI=1S/C21H27NOS/c1-22-14-7-6-11-18(22)15-21(17-9-4-3-5-10-17)23-19-12-8-13-20(16-19)24-2/h3-5,8-10,12-13,16,18,21H,6-7,11,14-15H2,1-2H3. The highest BCUT2D eigenvalue weighted by Gasteiger charge is 2.25. The van der Waals surface area contributed by atoms with Crippen LogP contribution < -0.4 is 4.74 Å². The SMILES string of the molecule is CSc1cccc(OC(CC2CCCCN2C)c2ccccc2)c1. The summed E-state index contributed by atoms with van der Waals surface area (Å²) in [6, 6.07) is 19.7. The zero-order chi connectivity index (χ0) is 16.8. The van der Waals surface area contributed by atoms with E-state index in [0.717, 1.165) is 12.2 Å². The molecule has 2 unspecified atom stereocenters. The molecule has 0 amide bonds. The summed E-state index contributed by atoms with van der Waals surface area (Å²) >= 11 is 1.75. The minimum atomic E-state index is 0.105. The van der Waals surface area contributed by atoms with Crippen molar-refractivity contribution in [3.8, 4) is 5.75 Å². The summed E-state index contributed by atoms with van der Waals surface area (Å²) in [5.74, 6) is 0.967. The molecule has 3 heteroatoms. The van der Waals surface area contributed by atoms with Crippen LogP contribution in [0, 0.1) is 0 Å². The molecule has 0 N–H and O–H groups in total. The Hall–Kier alpha value is -1.45. The van der Waals surface area contributed by atoms with E-state index < -0.39 is 0 Å². The molecule has 1 aliphatic heterocycles. The lowest BCUT2D eigenvalue weighted by Crippen LogP contribution is -2.37. The Labute approximate surface area is 150 Å². The summed E-state index contributed by atoms with van der Waals surface area (Å²) in [7, 11) is 2.25. The molecule has 1 fully saturated rings. The van der Waals surface area contributed by atoms with Crippen molar-refractivity contribution < 1.29 is 4.74 Å². The lowest BCUT2D eigenvalue weighted by molar-refractivity contribution is 0.109. The summed E-state index contributed by atoms with van der Waals surface area (Å²) in [5.41, 5.74) is 1.27. The van der Waals surface area contributed by atoms with E-state index >= 15 is 0 Å². The molecule has 2 atom stereocenters. The molecule has 1 aliphatic rings. The third kappa shape index (κ3) is 4.55. The number of hydrogen-bond donors (Lipinski definition) is 0. The molecular formula is C21H27NOS. The zero-order valence-electron chi connectivity index (χ0n) is 14.7. The monoisotopic (exact) mass is 341 g/mol. The van der Waals surface area contributed by atoms with Gasteiger partial charge in [-0.3, -0.25) is 0 Å². The van der Waals surface area contributed by atoms with Gasteiger partial charge in [0.15, 0.2) is 0 Å². The van der Waals surface area contributed by atoms with Crippen LogP contribution in [-0.2, 0) is 0 Å². The average molecular weight is 342 g/mol. The number of nitrogens with zero attached hydrogens (tertiary/aromatic N) is 1. The Morgan fingerprint density at radius 1 is 1.12 bits per heavy atom. The van der Waals surface area contributed by atoms with Gasteiger partial charge in [0.25, 0.3) is 0 Å². The topological polar surface area (TPSA) is 12.5 Å². The maximum absolute atomic E-state index is 6.45. The predicted octanol–water partition coefficient (Wildman–Crippen LogP) is 5.40. The first-order valence-corrected chi connectivity index (χ1v) is 10.0. The fraction of sp³-hybridized carbons (Fsp3) is 0.429. The first kappa shape index (κ1) is 17.4. The van der Waals surface area contributed by atoms with E-state index in [1.807, 2.05) is 0 Å². The van der Waals surface area contributed by atoms with Gasteiger partial charge in [-0.05, 0) is 56.5 Å². The van der Waals surface area contributed by atoms with Crippen LogP contribution in [0.4, 0.5) is 0 Å². The number of thioether (sulfide) groups is 1. The fourth-order valence-corrected chi connectivity index (χ4v) is 3.90. The van der Waals surface area contributed by atoms with Gasteiger partial charge in [0.05, 0.1) is 0 Å². The van der Waals surface area contributed by atoms with E-state index in [9.17, 15) is 0 Å². The quantitative estimate of drug-likeness (QED) is 0.653. The molecule has 0 spiro atoms. The average Bonchev–Trinajstić information content (AvgIpc) is 2.64. The number of benzene rings is 2. The second-order valence-electron chi connectivity index (χ2n) is 6.56. The highest BCUT2D eigenvalue weighted by atomic mass is 32.2. The van der Waals surface area contributed by atoms with Crippen molar-refractivity contribution in [3.05, 3.63) is 60.2 Å². The van der Waals surface area contributed by atoms with Crippen molar-refractivity contribution in [1.29, 1.82) is 0 Å². The second-order valence-corrected chi connectivity index (χ2v) is 7.44. The molecule has 0 aliphatic carbocycles. The summed E-state index contributed by atoms with van der Waals surface area (Å²) in [5, 5.41) is 0. The molecule has 1 saturated heterocycles. The van der Waals surface area contributed by atoms with E-state index in [4.69, 9.17) is 4.74 Å². The molecule has 2 aromatic carbocycles. The molecule has 0 radical (unpaired) electrons.